The van der Waals surface area contributed by atoms with Gasteiger partial charge in [0, 0.05) is 17.8 Å². The number of allylic oxidation sites excluding steroid dienone is 1. The Balaban J connectivity index is 1.79. The lowest BCUT2D eigenvalue weighted by atomic mass is 9.94. The molecule has 1 amide bonds. The van der Waals surface area contributed by atoms with Crippen molar-refractivity contribution < 1.29 is 14.5 Å². The van der Waals surface area contributed by atoms with E-state index in [1.54, 1.807) is 43.3 Å². The highest BCUT2D eigenvalue weighted by atomic mass is 16.6. The van der Waals surface area contributed by atoms with Gasteiger partial charge in [0.1, 0.15) is 11.8 Å². The lowest BCUT2D eigenvalue weighted by molar-refractivity contribution is -0.384. The molecule has 0 aliphatic carbocycles. The van der Waals surface area contributed by atoms with Gasteiger partial charge >= 0.3 is 0 Å². The number of carbonyl (C=O) groups is 1. The zero-order chi connectivity index (χ0) is 21.3. The van der Waals surface area contributed by atoms with Crippen molar-refractivity contribution in [2.75, 3.05) is 17.7 Å². The number of amides is 1. The van der Waals surface area contributed by atoms with Crippen molar-refractivity contribution in [2.24, 2.45) is 0 Å². The lowest BCUT2D eigenvalue weighted by Gasteiger charge is -2.28. The Morgan fingerprint density at radius 1 is 1.27 bits per heavy atom. The van der Waals surface area contributed by atoms with Crippen LogP contribution in [0.1, 0.15) is 18.5 Å². The summed E-state index contributed by atoms with van der Waals surface area (Å²) in [5.41, 5.74) is 1.75. The van der Waals surface area contributed by atoms with Crippen molar-refractivity contribution in [3.63, 3.8) is 0 Å². The van der Waals surface area contributed by atoms with Gasteiger partial charge in [-0.2, -0.15) is 4.68 Å². The molecule has 0 saturated carbocycles. The number of ether oxygens (including phenoxy) is 1. The number of nitro groups is 1. The molecule has 1 aromatic heterocycles. The number of tetrazole rings is 1. The molecule has 0 spiro atoms. The van der Waals surface area contributed by atoms with Gasteiger partial charge in [-0.05, 0) is 35.0 Å². The summed E-state index contributed by atoms with van der Waals surface area (Å²) in [6, 6.07) is 12.3. The minimum absolute atomic E-state index is 0.0946. The van der Waals surface area contributed by atoms with Crippen molar-refractivity contribution in [1.82, 2.24) is 20.2 Å². The summed E-state index contributed by atoms with van der Waals surface area (Å²) in [7, 11) is 1.51. The van der Waals surface area contributed by atoms with Gasteiger partial charge in [-0.15, -0.1) is 0 Å². The molecule has 2 heterocycles. The molecule has 2 aromatic carbocycles. The molecule has 1 aliphatic heterocycles. The second kappa shape index (κ2) is 7.62. The van der Waals surface area contributed by atoms with Crippen LogP contribution in [0.3, 0.4) is 0 Å². The fourth-order valence-corrected chi connectivity index (χ4v) is 3.36. The van der Waals surface area contributed by atoms with E-state index in [-0.39, 0.29) is 5.69 Å². The van der Waals surface area contributed by atoms with Crippen LogP contribution in [0, 0.1) is 10.1 Å². The number of methoxy groups -OCH3 is 1. The number of non-ortho nitro benzene ring substituents is 1. The first-order valence-electron chi connectivity index (χ1n) is 8.94. The van der Waals surface area contributed by atoms with Crippen molar-refractivity contribution in [1.29, 1.82) is 0 Å². The van der Waals surface area contributed by atoms with E-state index in [0.717, 1.165) is 0 Å². The quantitative estimate of drug-likeness (QED) is 0.486. The summed E-state index contributed by atoms with van der Waals surface area (Å²) in [4.78, 5) is 24.1. The van der Waals surface area contributed by atoms with Crippen LogP contribution < -0.4 is 15.4 Å². The molecule has 3 aromatic rings. The molecule has 0 saturated heterocycles. The second-order valence-corrected chi connectivity index (χ2v) is 6.52. The monoisotopic (exact) mass is 407 g/mol. The molecule has 30 heavy (non-hydrogen) atoms. The normalized spacial score (nSPS) is 15.2. The lowest BCUT2D eigenvalue weighted by Crippen LogP contribution is -2.31. The van der Waals surface area contributed by atoms with E-state index < -0.39 is 16.9 Å². The Bertz CT molecular complexity index is 1170. The largest absolute Gasteiger partial charge is 0.495 e. The van der Waals surface area contributed by atoms with Crippen LogP contribution >= 0.6 is 0 Å². The summed E-state index contributed by atoms with van der Waals surface area (Å²) in [6.07, 6.45) is 0. The number of nitrogens with zero attached hydrogens (tertiary/aromatic N) is 5. The standard InChI is InChI=1S/C19H17N7O4/c1-11-16(18(27)21-14-8-3-4-9-15(14)30-2)17(25-19(20-11)22-23-24-25)12-6-5-7-13(10-12)26(28)29/h3-10,17H,1-2H3,(H,21,27)(H,20,22,24)/t17-/m1/s1. The molecule has 11 heteroatoms. The van der Waals surface area contributed by atoms with Gasteiger partial charge in [0.2, 0.25) is 5.95 Å². The molecule has 0 bridgehead atoms. The average molecular weight is 407 g/mol. The number of hydrogen-bond donors (Lipinski definition) is 2. The number of para-hydroxylation sites is 2. The number of rotatable bonds is 5. The van der Waals surface area contributed by atoms with E-state index in [0.29, 0.717) is 34.2 Å². The molecule has 152 valence electrons. The van der Waals surface area contributed by atoms with E-state index in [9.17, 15) is 14.9 Å². The Labute approximate surface area is 170 Å². The highest BCUT2D eigenvalue weighted by Crippen LogP contribution is 2.36. The number of benzene rings is 2. The maximum absolute atomic E-state index is 13.3. The molecule has 0 radical (unpaired) electrons. The third-order valence-corrected chi connectivity index (χ3v) is 4.71. The smallest absolute Gasteiger partial charge is 0.269 e. The zero-order valence-corrected chi connectivity index (χ0v) is 16.1. The van der Waals surface area contributed by atoms with Gasteiger partial charge in [-0.25, -0.2) is 0 Å². The van der Waals surface area contributed by atoms with E-state index in [1.807, 2.05) is 0 Å². The van der Waals surface area contributed by atoms with Crippen molar-refractivity contribution >= 4 is 23.2 Å². The van der Waals surface area contributed by atoms with Gasteiger partial charge in [-0.3, -0.25) is 14.9 Å². The van der Waals surface area contributed by atoms with Crippen molar-refractivity contribution in [3.8, 4) is 5.75 Å². The maximum atomic E-state index is 13.3. The van der Waals surface area contributed by atoms with Gasteiger partial charge in [0.15, 0.2) is 0 Å². The number of hydrogen-bond acceptors (Lipinski definition) is 8. The van der Waals surface area contributed by atoms with Crippen molar-refractivity contribution in [2.45, 2.75) is 13.0 Å². The average Bonchev–Trinajstić information content (AvgIpc) is 3.21. The molecule has 0 unspecified atom stereocenters. The van der Waals surface area contributed by atoms with Gasteiger partial charge in [-0.1, -0.05) is 29.4 Å². The Morgan fingerprint density at radius 2 is 2.07 bits per heavy atom. The third-order valence-electron chi connectivity index (χ3n) is 4.71. The van der Waals surface area contributed by atoms with Gasteiger partial charge in [0.25, 0.3) is 11.6 Å². The fraction of sp³-hybridized carbons (Fsp3) is 0.158. The summed E-state index contributed by atoms with van der Waals surface area (Å²) in [5.74, 6) is 0.419. The van der Waals surface area contributed by atoms with Crippen LogP contribution in [-0.4, -0.2) is 38.1 Å². The second-order valence-electron chi connectivity index (χ2n) is 6.52. The Hall–Kier alpha value is -4.28. The van der Waals surface area contributed by atoms with E-state index in [1.165, 1.54) is 23.9 Å². The van der Waals surface area contributed by atoms with E-state index in [2.05, 4.69) is 26.2 Å². The van der Waals surface area contributed by atoms with Crippen LogP contribution in [0.25, 0.3) is 0 Å². The highest BCUT2D eigenvalue weighted by Gasteiger charge is 2.35. The molecule has 4 rings (SSSR count). The van der Waals surface area contributed by atoms with E-state index >= 15 is 0 Å². The summed E-state index contributed by atoms with van der Waals surface area (Å²) in [5, 5.41) is 28.7. The Kier molecular flexibility index (Phi) is 4.84. The summed E-state index contributed by atoms with van der Waals surface area (Å²) in [6.45, 7) is 1.72. The first kappa shape index (κ1) is 19.1. The van der Waals surface area contributed by atoms with Crippen molar-refractivity contribution in [3.05, 3.63) is 75.5 Å². The molecule has 11 nitrogen and oxygen atoms in total. The van der Waals surface area contributed by atoms with Gasteiger partial charge in [0.05, 0.1) is 23.3 Å². The fourth-order valence-electron chi connectivity index (χ4n) is 3.36. The molecule has 1 aliphatic rings. The van der Waals surface area contributed by atoms with Crippen LogP contribution in [0.15, 0.2) is 59.8 Å². The molecule has 1 atom stereocenters. The predicted molar refractivity (Wildman–Crippen MR) is 107 cm³/mol. The molecule has 2 N–H and O–H groups in total. The number of anilines is 2. The number of aromatic nitrogens is 4. The molecule has 0 fully saturated rings. The highest BCUT2D eigenvalue weighted by molar-refractivity contribution is 6.06. The minimum Gasteiger partial charge on any atom is -0.495 e. The number of fused-ring (bicyclic) bond motifs is 1. The van der Waals surface area contributed by atoms with Crippen LogP contribution in [0.4, 0.5) is 17.3 Å². The van der Waals surface area contributed by atoms with E-state index in [4.69, 9.17) is 4.74 Å². The SMILES string of the molecule is COc1ccccc1NC(=O)C1=C(C)Nc2nnnn2[C@@H]1c1cccc([N+](=O)[O-])c1. The topological polar surface area (TPSA) is 137 Å². The molecular formula is C19H17N7O4. The number of nitro benzene ring substituents is 1. The zero-order valence-electron chi connectivity index (χ0n) is 16.1. The van der Waals surface area contributed by atoms with Crippen LogP contribution in [0.2, 0.25) is 0 Å². The first-order chi connectivity index (χ1) is 14.5. The summed E-state index contributed by atoms with van der Waals surface area (Å²) >= 11 is 0. The van der Waals surface area contributed by atoms with Crippen LogP contribution in [0.5, 0.6) is 5.75 Å². The minimum atomic E-state index is -0.758. The maximum Gasteiger partial charge on any atom is 0.269 e. The third kappa shape index (κ3) is 3.32. The number of nitrogens with one attached hydrogen (secondary N) is 2. The Morgan fingerprint density at radius 3 is 2.83 bits per heavy atom. The molecular weight excluding hydrogens is 390 g/mol. The van der Waals surface area contributed by atoms with Gasteiger partial charge < -0.3 is 15.4 Å². The number of carbonyl (C=O) groups excluding carboxylic acids is 1. The summed E-state index contributed by atoms with van der Waals surface area (Å²) < 4.78 is 6.72. The predicted octanol–water partition coefficient (Wildman–Crippen LogP) is 2.52. The van der Waals surface area contributed by atoms with Crippen LogP contribution in [-0.2, 0) is 4.79 Å². The first-order valence-corrected chi connectivity index (χ1v) is 8.94.